The summed E-state index contributed by atoms with van der Waals surface area (Å²) >= 11 is 0. The largest absolute Gasteiger partial charge is 0.496 e. The maximum Gasteiger partial charge on any atom is 0.338 e. The van der Waals surface area contributed by atoms with Gasteiger partial charge in [-0.1, -0.05) is 38.1 Å². The Hall–Kier alpha value is -2.88. The number of hydrogen-bond donors (Lipinski definition) is 1. The summed E-state index contributed by atoms with van der Waals surface area (Å²) < 4.78 is 10.2. The minimum Gasteiger partial charge on any atom is -0.496 e. The van der Waals surface area contributed by atoms with Gasteiger partial charge in [0.25, 0.3) is 0 Å². The number of nitrogens with zero attached hydrogens (tertiary/aromatic N) is 2. The van der Waals surface area contributed by atoms with E-state index in [0.717, 1.165) is 37.1 Å². The number of aliphatic hydroxyl groups is 1. The van der Waals surface area contributed by atoms with Crippen LogP contribution in [0.3, 0.4) is 0 Å². The predicted molar refractivity (Wildman–Crippen MR) is 129 cm³/mol. The van der Waals surface area contributed by atoms with Crippen molar-refractivity contribution in [2.45, 2.75) is 45.1 Å². The standard InChI is InChI=1S/C27H36N2O4/c1-20(2)27(19-28,23-11-12-25(32-4)22(17-23)18-30)14-8-15-29(3)16-13-21-9-6-7-10-24(21)26(31)33-5/h6-7,9-12,17,20,30H,8,13-16,18H2,1-5H3. The number of likely N-dealkylation sites (N-methyl/N-ethyl adjacent to an activating group) is 1. The molecule has 33 heavy (non-hydrogen) atoms. The van der Waals surface area contributed by atoms with Gasteiger partial charge in [-0.05, 0) is 68.1 Å². The summed E-state index contributed by atoms with van der Waals surface area (Å²) in [4.78, 5) is 14.2. The third kappa shape index (κ3) is 6.34. The van der Waals surface area contributed by atoms with Crippen LogP contribution < -0.4 is 4.74 Å². The molecule has 0 bridgehead atoms. The van der Waals surface area contributed by atoms with Gasteiger partial charge in [0, 0.05) is 12.1 Å². The Bertz CT molecular complexity index is 967. The van der Waals surface area contributed by atoms with Crippen LogP contribution >= 0.6 is 0 Å². The van der Waals surface area contributed by atoms with Gasteiger partial charge in [-0.15, -0.1) is 0 Å². The molecule has 0 fully saturated rings. The average molecular weight is 453 g/mol. The van der Waals surface area contributed by atoms with Crippen LogP contribution in [-0.2, 0) is 23.2 Å². The highest BCUT2D eigenvalue weighted by atomic mass is 16.5. The zero-order valence-corrected chi connectivity index (χ0v) is 20.4. The highest BCUT2D eigenvalue weighted by molar-refractivity contribution is 5.90. The lowest BCUT2D eigenvalue weighted by Gasteiger charge is -2.32. The fourth-order valence-electron chi connectivity index (χ4n) is 4.29. The van der Waals surface area contributed by atoms with Gasteiger partial charge in [0.05, 0.1) is 37.9 Å². The molecule has 6 nitrogen and oxygen atoms in total. The quantitative estimate of drug-likeness (QED) is 0.482. The number of aliphatic hydroxyl groups excluding tert-OH is 1. The lowest BCUT2D eigenvalue weighted by atomic mass is 9.69. The van der Waals surface area contributed by atoms with E-state index in [0.29, 0.717) is 23.3 Å². The molecule has 2 rings (SSSR count). The molecule has 0 aliphatic heterocycles. The first-order valence-corrected chi connectivity index (χ1v) is 11.4. The van der Waals surface area contributed by atoms with Crippen LogP contribution in [0.25, 0.3) is 0 Å². The number of rotatable bonds is 12. The van der Waals surface area contributed by atoms with Crippen molar-refractivity contribution in [3.05, 3.63) is 64.7 Å². The van der Waals surface area contributed by atoms with Crippen LogP contribution in [0.2, 0.25) is 0 Å². The molecule has 0 amide bonds. The number of methoxy groups -OCH3 is 2. The molecule has 0 heterocycles. The number of hydrogen-bond acceptors (Lipinski definition) is 6. The minimum absolute atomic E-state index is 0.111. The monoisotopic (exact) mass is 452 g/mol. The number of carbonyl (C=O) groups is 1. The summed E-state index contributed by atoms with van der Waals surface area (Å²) in [6.45, 7) is 5.64. The second kappa shape index (κ2) is 12.4. The van der Waals surface area contributed by atoms with Crippen LogP contribution in [0.1, 0.15) is 53.7 Å². The van der Waals surface area contributed by atoms with Crippen molar-refractivity contribution in [3.8, 4) is 11.8 Å². The van der Waals surface area contributed by atoms with E-state index in [-0.39, 0.29) is 18.5 Å². The summed E-state index contributed by atoms with van der Waals surface area (Å²) in [7, 11) is 5.03. The zero-order chi connectivity index (χ0) is 24.4. The van der Waals surface area contributed by atoms with Gasteiger partial charge in [-0.3, -0.25) is 0 Å². The normalized spacial score (nSPS) is 12.9. The first-order valence-electron chi connectivity index (χ1n) is 11.4. The fourth-order valence-corrected chi connectivity index (χ4v) is 4.29. The highest BCUT2D eigenvalue weighted by Crippen LogP contribution is 2.38. The molecule has 0 spiro atoms. The van der Waals surface area contributed by atoms with E-state index in [1.54, 1.807) is 13.2 Å². The van der Waals surface area contributed by atoms with Crippen LogP contribution in [0, 0.1) is 17.2 Å². The van der Waals surface area contributed by atoms with Crippen LogP contribution in [0.15, 0.2) is 42.5 Å². The Balaban J connectivity index is 2.05. The van der Waals surface area contributed by atoms with Crippen LogP contribution in [0.5, 0.6) is 5.75 Å². The Morgan fingerprint density at radius 1 is 1.15 bits per heavy atom. The van der Waals surface area contributed by atoms with Crippen molar-refractivity contribution < 1.29 is 19.4 Å². The summed E-state index contributed by atoms with van der Waals surface area (Å²) in [5, 5.41) is 19.9. The highest BCUT2D eigenvalue weighted by Gasteiger charge is 2.36. The molecule has 0 aliphatic rings. The van der Waals surface area contributed by atoms with Crippen molar-refractivity contribution in [2.75, 3.05) is 34.4 Å². The summed E-state index contributed by atoms with van der Waals surface area (Å²) in [6, 6.07) is 15.8. The SMILES string of the molecule is COC(=O)c1ccccc1CCN(C)CCCC(C#N)(c1ccc(OC)c(CO)c1)C(C)C. The van der Waals surface area contributed by atoms with Gasteiger partial charge in [0.1, 0.15) is 5.75 Å². The lowest BCUT2D eigenvalue weighted by Crippen LogP contribution is -2.32. The van der Waals surface area contributed by atoms with Crippen molar-refractivity contribution >= 4 is 5.97 Å². The molecule has 0 aromatic heterocycles. The first kappa shape index (κ1) is 26.4. The van der Waals surface area contributed by atoms with Crippen molar-refractivity contribution in [2.24, 2.45) is 5.92 Å². The molecule has 2 aromatic carbocycles. The minimum atomic E-state index is -0.644. The Labute approximate surface area is 197 Å². The molecular weight excluding hydrogens is 416 g/mol. The van der Waals surface area contributed by atoms with Gasteiger partial charge in [-0.25, -0.2) is 4.79 Å². The summed E-state index contributed by atoms with van der Waals surface area (Å²) in [5.41, 5.74) is 2.54. The predicted octanol–water partition coefficient (Wildman–Crippen LogP) is 4.35. The maximum absolute atomic E-state index is 12.0. The van der Waals surface area contributed by atoms with E-state index in [1.807, 2.05) is 36.4 Å². The molecule has 1 N–H and O–H groups in total. The molecular formula is C27H36N2O4. The number of carbonyl (C=O) groups excluding carboxylic acids is 1. The molecule has 0 saturated carbocycles. The van der Waals surface area contributed by atoms with E-state index in [9.17, 15) is 15.2 Å². The molecule has 1 unspecified atom stereocenters. The lowest BCUT2D eigenvalue weighted by molar-refractivity contribution is 0.0599. The van der Waals surface area contributed by atoms with E-state index in [4.69, 9.17) is 9.47 Å². The number of benzene rings is 2. The Morgan fingerprint density at radius 2 is 1.88 bits per heavy atom. The van der Waals surface area contributed by atoms with Crippen molar-refractivity contribution in [1.29, 1.82) is 5.26 Å². The third-order valence-electron chi connectivity index (χ3n) is 6.45. The van der Waals surface area contributed by atoms with Gasteiger partial charge >= 0.3 is 5.97 Å². The van der Waals surface area contributed by atoms with Crippen LogP contribution in [0.4, 0.5) is 0 Å². The van der Waals surface area contributed by atoms with E-state index in [2.05, 4.69) is 31.9 Å². The average Bonchev–Trinajstić information content (AvgIpc) is 2.84. The van der Waals surface area contributed by atoms with Gasteiger partial charge < -0.3 is 19.5 Å². The number of ether oxygens (including phenoxy) is 2. The van der Waals surface area contributed by atoms with Crippen molar-refractivity contribution in [3.63, 3.8) is 0 Å². The van der Waals surface area contributed by atoms with Gasteiger partial charge in [0.15, 0.2) is 0 Å². The molecule has 6 heteroatoms. The second-order valence-corrected chi connectivity index (χ2v) is 8.73. The van der Waals surface area contributed by atoms with E-state index in [1.165, 1.54) is 7.11 Å². The second-order valence-electron chi connectivity index (χ2n) is 8.73. The molecule has 2 aromatic rings. The van der Waals surface area contributed by atoms with Crippen molar-refractivity contribution in [1.82, 2.24) is 4.90 Å². The fraction of sp³-hybridized carbons (Fsp3) is 0.481. The molecule has 178 valence electrons. The zero-order valence-electron chi connectivity index (χ0n) is 20.4. The summed E-state index contributed by atoms with van der Waals surface area (Å²) in [6.07, 6.45) is 2.30. The molecule has 0 radical (unpaired) electrons. The molecule has 1 atom stereocenters. The third-order valence-corrected chi connectivity index (χ3v) is 6.45. The topological polar surface area (TPSA) is 82.8 Å². The van der Waals surface area contributed by atoms with Gasteiger partial charge in [-0.2, -0.15) is 5.26 Å². The van der Waals surface area contributed by atoms with E-state index < -0.39 is 5.41 Å². The summed E-state index contributed by atoms with van der Waals surface area (Å²) in [5.74, 6) is 0.425. The van der Waals surface area contributed by atoms with Crippen LogP contribution in [-0.4, -0.2) is 50.3 Å². The number of esters is 1. The smallest absolute Gasteiger partial charge is 0.338 e. The Kier molecular flexibility index (Phi) is 9.90. The molecule has 0 aliphatic carbocycles. The number of nitriles is 1. The maximum atomic E-state index is 12.0. The Morgan fingerprint density at radius 3 is 2.48 bits per heavy atom. The first-order chi connectivity index (χ1) is 15.8. The van der Waals surface area contributed by atoms with E-state index >= 15 is 0 Å². The molecule has 0 saturated heterocycles. The van der Waals surface area contributed by atoms with Gasteiger partial charge in [0.2, 0.25) is 0 Å².